The van der Waals surface area contributed by atoms with Crippen molar-refractivity contribution in [1.29, 1.82) is 0 Å². The van der Waals surface area contributed by atoms with E-state index in [1.165, 1.54) is 36.9 Å². The van der Waals surface area contributed by atoms with Gasteiger partial charge in [-0.05, 0) is 24.3 Å². The number of methoxy groups -OCH3 is 1. The molecule has 2 rings (SSSR count). The van der Waals surface area contributed by atoms with Crippen LogP contribution in [0.5, 0.6) is 0 Å². The fourth-order valence-electron chi connectivity index (χ4n) is 1.58. The fraction of sp³-hybridized carbons (Fsp3) is 0.250. The third-order valence-electron chi connectivity index (χ3n) is 2.60. The summed E-state index contributed by atoms with van der Waals surface area (Å²) in [5.74, 6) is 0. The van der Waals surface area contributed by atoms with Crippen molar-refractivity contribution in [3.05, 3.63) is 45.9 Å². The van der Waals surface area contributed by atoms with Crippen LogP contribution in [0.4, 0.5) is 0 Å². The van der Waals surface area contributed by atoms with E-state index in [-0.39, 0.29) is 17.5 Å². The molecule has 0 unspecified atom stereocenters. The van der Waals surface area contributed by atoms with Gasteiger partial charge in [0, 0.05) is 30.9 Å². The number of sulfonamides is 1. The molecule has 0 saturated carbocycles. The average Bonchev–Trinajstić information content (AvgIpc) is 2.87. The number of hydrogen-bond acceptors (Lipinski definition) is 5. The molecular weight excluding hydrogens is 320 g/mol. The predicted molar refractivity (Wildman–Crippen MR) is 78.5 cm³/mol. The number of ether oxygens (including phenoxy) is 1. The Kier molecular flexibility index (Phi) is 5.11. The SMILES string of the molecule is CO[C@H](CNS(=O)(=O)c1cccnc1)c1ccc(Cl)s1. The number of thiophene rings is 1. The van der Waals surface area contributed by atoms with Gasteiger partial charge < -0.3 is 4.74 Å². The Morgan fingerprint density at radius 2 is 2.25 bits per heavy atom. The Balaban J connectivity index is 2.07. The van der Waals surface area contributed by atoms with Gasteiger partial charge in [-0.25, -0.2) is 13.1 Å². The normalized spacial score (nSPS) is 13.3. The van der Waals surface area contributed by atoms with Gasteiger partial charge in [0.1, 0.15) is 11.0 Å². The summed E-state index contributed by atoms with van der Waals surface area (Å²) >= 11 is 7.22. The molecule has 20 heavy (non-hydrogen) atoms. The summed E-state index contributed by atoms with van der Waals surface area (Å²) in [5, 5.41) is 0. The minimum atomic E-state index is -3.59. The predicted octanol–water partition coefficient (Wildman–Crippen LogP) is 2.46. The monoisotopic (exact) mass is 332 g/mol. The third-order valence-corrected chi connectivity index (χ3v) is 5.33. The zero-order valence-corrected chi connectivity index (χ0v) is 13.0. The molecule has 108 valence electrons. The van der Waals surface area contributed by atoms with Gasteiger partial charge in [0.25, 0.3) is 0 Å². The van der Waals surface area contributed by atoms with Crippen LogP contribution in [-0.2, 0) is 14.8 Å². The number of pyridine rings is 1. The van der Waals surface area contributed by atoms with Crippen molar-refractivity contribution in [3.63, 3.8) is 0 Å². The summed E-state index contributed by atoms with van der Waals surface area (Å²) < 4.78 is 32.6. The molecule has 1 N–H and O–H groups in total. The van der Waals surface area contributed by atoms with Crippen molar-refractivity contribution in [2.75, 3.05) is 13.7 Å². The molecule has 0 bridgehead atoms. The molecule has 2 heterocycles. The van der Waals surface area contributed by atoms with E-state index in [0.717, 1.165) is 4.88 Å². The molecule has 5 nitrogen and oxygen atoms in total. The van der Waals surface area contributed by atoms with Gasteiger partial charge in [0.05, 0.1) is 4.34 Å². The highest BCUT2D eigenvalue weighted by Crippen LogP contribution is 2.28. The van der Waals surface area contributed by atoms with Crippen molar-refractivity contribution in [2.45, 2.75) is 11.0 Å². The van der Waals surface area contributed by atoms with Gasteiger partial charge in [-0.15, -0.1) is 11.3 Å². The van der Waals surface area contributed by atoms with Crippen molar-refractivity contribution in [2.24, 2.45) is 0 Å². The minimum Gasteiger partial charge on any atom is -0.375 e. The topological polar surface area (TPSA) is 68.3 Å². The smallest absolute Gasteiger partial charge is 0.242 e. The van der Waals surface area contributed by atoms with Gasteiger partial charge in [0.2, 0.25) is 10.0 Å². The molecule has 0 aliphatic rings. The number of nitrogens with one attached hydrogen (secondary N) is 1. The van der Waals surface area contributed by atoms with Crippen LogP contribution in [0.3, 0.4) is 0 Å². The number of hydrogen-bond donors (Lipinski definition) is 1. The molecule has 2 aromatic heterocycles. The molecule has 0 radical (unpaired) electrons. The number of halogens is 1. The molecule has 0 aromatic carbocycles. The van der Waals surface area contributed by atoms with E-state index in [9.17, 15) is 8.42 Å². The second kappa shape index (κ2) is 6.64. The third kappa shape index (κ3) is 3.77. The van der Waals surface area contributed by atoms with Crippen LogP contribution < -0.4 is 4.72 Å². The van der Waals surface area contributed by atoms with E-state index in [4.69, 9.17) is 16.3 Å². The quantitative estimate of drug-likeness (QED) is 0.882. The highest BCUT2D eigenvalue weighted by molar-refractivity contribution is 7.89. The molecule has 1 atom stereocenters. The molecule has 0 spiro atoms. The Morgan fingerprint density at radius 1 is 1.45 bits per heavy atom. The maximum Gasteiger partial charge on any atom is 0.242 e. The van der Waals surface area contributed by atoms with Crippen molar-refractivity contribution >= 4 is 33.0 Å². The largest absolute Gasteiger partial charge is 0.375 e. The fourth-order valence-corrected chi connectivity index (χ4v) is 3.71. The zero-order valence-electron chi connectivity index (χ0n) is 10.6. The van der Waals surface area contributed by atoms with Crippen LogP contribution >= 0.6 is 22.9 Å². The second-order valence-electron chi connectivity index (χ2n) is 3.91. The van der Waals surface area contributed by atoms with Crippen LogP contribution in [0.2, 0.25) is 4.34 Å². The number of aromatic nitrogens is 1. The van der Waals surface area contributed by atoms with Crippen LogP contribution in [0, 0.1) is 0 Å². The zero-order chi connectivity index (χ0) is 14.6. The Bertz CT molecular complexity index is 658. The summed E-state index contributed by atoms with van der Waals surface area (Å²) in [7, 11) is -2.06. The average molecular weight is 333 g/mol. The highest BCUT2D eigenvalue weighted by Gasteiger charge is 2.19. The van der Waals surface area contributed by atoms with E-state index in [1.54, 1.807) is 12.1 Å². The lowest BCUT2D eigenvalue weighted by Gasteiger charge is -2.14. The minimum absolute atomic E-state index is 0.124. The Labute approximate surface area is 126 Å². The number of rotatable bonds is 6. The van der Waals surface area contributed by atoms with Crippen molar-refractivity contribution in [1.82, 2.24) is 9.71 Å². The Morgan fingerprint density at radius 3 is 2.80 bits per heavy atom. The van der Waals surface area contributed by atoms with Crippen LogP contribution in [0.25, 0.3) is 0 Å². The number of nitrogens with zero attached hydrogens (tertiary/aromatic N) is 1. The van der Waals surface area contributed by atoms with Crippen LogP contribution in [0.15, 0.2) is 41.6 Å². The first-order chi connectivity index (χ1) is 9.53. The molecule has 0 aliphatic carbocycles. The molecule has 2 aromatic rings. The Hall–Kier alpha value is -0.990. The molecule has 0 saturated heterocycles. The lowest BCUT2D eigenvalue weighted by Crippen LogP contribution is -2.29. The van der Waals surface area contributed by atoms with Crippen LogP contribution in [-0.4, -0.2) is 27.1 Å². The standard InChI is InChI=1S/C12H13ClN2O3S2/c1-18-10(11-4-5-12(13)19-11)8-15-20(16,17)9-3-2-6-14-7-9/h2-7,10,15H,8H2,1H3/t10-/m1/s1. The summed E-state index contributed by atoms with van der Waals surface area (Å²) in [6, 6.07) is 6.63. The molecular formula is C12H13ClN2O3S2. The van der Waals surface area contributed by atoms with Gasteiger partial charge >= 0.3 is 0 Å². The second-order valence-corrected chi connectivity index (χ2v) is 7.42. The lowest BCUT2D eigenvalue weighted by atomic mass is 10.3. The van der Waals surface area contributed by atoms with E-state index in [1.807, 2.05) is 6.07 Å². The lowest BCUT2D eigenvalue weighted by molar-refractivity contribution is 0.110. The van der Waals surface area contributed by atoms with Gasteiger partial charge in [-0.1, -0.05) is 11.6 Å². The van der Waals surface area contributed by atoms with Gasteiger partial charge in [-0.2, -0.15) is 0 Å². The molecule has 0 aliphatic heterocycles. The first-order valence-corrected chi connectivity index (χ1v) is 8.38. The van der Waals surface area contributed by atoms with E-state index < -0.39 is 10.0 Å². The summed E-state index contributed by atoms with van der Waals surface area (Å²) in [5.41, 5.74) is 0. The molecule has 0 amide bonds. The van der Waals surface area contributed by atoms with Gasteiger partial charge in [0.15, 0.2) is 0 Å². The van der Waals surface area contributed by atoms with E-state index in [2.05, 4.69) is 9.71 Å². The first-order valence-electron chi connectivity index (χ1n) is 5.70. The summed E-state index contributed by atoms with van der Waals surface area (Å²) in [4.78, 5) is 4.79. The highest BCUT2D eigenvalue weighted by atomic mass is 35.5. The van der Waals surface area contributed by atoms with E-state index in [0.29, 0.717) is 4.34 Å². The maximum atomic E-state index is 12.1. The first kappa shape index (κ1) is 15.4. The molecule has 8 heteroatoms. The summed E-state index contributed by atoms with van der Waals surface area (Å²) in [6.07, 6.45) is 2.44. The van der Waals surface area contributed by atoms with Gasteiger partial charge in [-0.3, -0.25) is 4.98 Å². The van der Waals surface area contributed by atoms with Crippen LogP contribution in [0.1, 0.15) is 11.0 Å². The summed E-state index contributed by atoms with van der Waals surface area (Å²) in [6.45, 7) is 0.130. The van der Waals surface area contributed by atoms with Crippen molar-refractivity contribution in [3.8, 4) is 0 Å². The maximum absolute atomic E-state index is 12.1. The van der Waals surface area contributed by atoms with E-state index >= 15 is 0 Å². The molecule has 0 fully saturated rings. The van der Waals surface area contributed by atoms with Crippen molar-refractivity contribution < 1.29 is 13.2 Å².